The Balaban J connectivity index is 1.66. The third-order valence-corrected chi connectivity index (χ3v) is 5.31. The SMILES string of the molecule is CN(C)c1ccc(CCCNC(=O)N(C)C2CCC(CO)CC2)cc1. The molecule has 140 valence electrons. The molecule has 0 saturated heterocycles. The first-order chi connectivity index (χ1) is 12.0. The molecule has 0 aromatic heterocycles. The molecule has 0 spiro atoms. The molecular formula is C20H33N3O2. The van der Waals surface area contributed by atoms with E-state index < -0.39 is 0 Å². The van der Waals surface area contributed by atoms with Crippen molar-refractivity contribution < 1.29 is 9.90 Å². The number of nitrogens with one attached hydrogen (secondary N) is 1. The number of amides is 2. The van der Waals surface area contributed by atoms with Gasteiger partial charge in [-0.25, -0.2) is 4.79 Å². The van der Waals surface area contributed by atoms with Gasteiger partial charge in [0.25, 0.3) is 0 Å². The van der Waals surface area contributed by atoms with Crippen molar-refractivity contribution in [2.75, 3.05) is 39.2 Å². The Hall–Kier alpha value is -1.75. The second kappa shape index (κ2) is 9.66. The number of nitrogens with zero attached hydrogens (tertiary/aromatic N) is 2. The summed E-state index contributed by atoms with van der Waals surface area (Å²) in [6.45, 7) is 0.975. The van der Waals surface area contributed by atoms with Crippen molar-refractivity contribution in [1.82, 2.24) is 10.2 Å². The molecule has 0 atom stereocenters. The van der Waals surface area contributed by atoms with Crippen LogP contribution in [0.4, 0.5) is 10.5 Å². The van der Waals surface area contributed by atoms with Crippen LogP contribution in [0.25, 0.3) is 0 Å². The number of anilines is 1. The Morgan fingerprint density at radius 2 is 1.76 bits per heavy atom. The third-order valence-electron chi connectivity index (χ3n) is 5.31. The zero-order valence-corrected chi connectivity index (χ0v) is 15.9. The standard InChI is InChI=1S/C20H33N3O2/c1-22(2)18-10-6-16(7-11-18)5-4-14-21-20(25)23(3)19-12-8-17(15-24)9-13-19/h6-7,10-11,17,19,24H,4-5,8-9,12-15H2,1-3H3,(H,21,25). The van der Waals surface area contributed by atoms with E-state index >= 15 is 0 Å². The molecule has 0 bridgehead atoms. The van der Waals surface area contributed by atoms with Gasteiger partial charge in [-0.1, -0.05) is 12.1 Å². The van der Waals surface area contributed by atoms with Crippen molar-refractivity contribution in [2.45, 2.75) is 44.6 Å². The summed E-state index contributed by atoms with van der Waals surface area (Å²) in [4.78, 5) is 16.2. The van der Waals surface area contributed by atoms with Gasteiger partial charge in [0.15, 0.2) is 0 Å². The van der Waals surface area contributed by atoms with E-state index in [-0.39, 0.29) is 12.6 Å². The Bertz CT molecular complexity index is 522. The Labute approximate surface area is 152 Å². The molecule has 2 rings (SSSR count). The highest BCUT2D eigenvalue weighted by atomic mass is 16.3. The molecule has 25 heavy (non-hydrogen) atoms. The number of benzene rings is 1. The lowest BCUT2D eigenvalue weighted by atomic mass is 9.86. The predicted octanol–water partition coefficient (Wildman–Crippen LogP) is 2.88. The Morgan fingerprint density at radius 3 is 2.32 bits per heavy atom. The summed E-state index contributed by atoms with van der Waals surface area (Å²) in [5, 5.41) is 12.2. The van der Waals surface area contributed by atoms with Gasteiger partial charge in [-0.15, -0.1) is 0 Å². The molecule has 1 aliphatic carbocycles. The molecule has 2 amide bonds. The molecule has 0 aliphatic heterocycles. The minimum absolute atomic E-state index is 0.0235. The number of aliphatic hydroxyl groups is 1. The number of aliphatic hydroxyl groups excluding tert-OH is 1. The van der Waals surface area contributed by atoms with E-state index in [4.69, 9.17) is 0 Å². The van der Waals surface area contributed by atoms with E-state index in [2.05, 4.69) is 34.5 Å². The zero-order chi connectivity index (χ0) is 18.2. The molecule has 1 fully saturated rings. The molecule has 0 unspecified atom stereocenters. The number of hydrogen-bond donors (Lipinski definition) is 2. The van der Waals surface area contributed by atoms with E-state index in [0.29, 0.717) is 18.5 Å². The van der Waals surface area contributed by atoms with E-state index in [9.17, 15) is 9.90 Å². The Morgan fingerprint density at radius 1 is 1.12 bits per heavy atom. The molecule has 1 aliphatic rings. The van der Waals surface area contributed by atoms with Crippen LogP contribution in [0.3, 0.4) is 0 Å². The normalized spacial score (nSPS) is 20.2. The fraction of sp³-hybridized carbons (Fsp3) is 0.650. The largest absolute Gasteiger partial charge is 0.396 e. The molecule has 5 nitrogen and oxygen atoms in total. The lowest BCUT2D eigenvalue weighted by Gasteiger charge is -2.34. The molecule has 0 heterocycles. The third kappa shape index (κ3) is 5.92. The van der Waals surface area contributed by atoms with Crippen LogP contribution in [0.15, 0.2) is 24.3 Å². The maximum atomic E-state index is 12.3. The number of aryl methyl sites for hydroxylation is 1. The minimum atomic E-state index is 0.0235. The first kappa shape index (κ1) is 19.6. The van der Waals surface area contributed by atoms with Crippen LogP contribution in [-0.4, -0.2) is 56.4 Å². The first-order valence-corrected chi connectivity index (χ1v) is 9.39. The van der Waals surface area contributed by atoms with Crippen LogP contribution >= 0.6 is 0 Å². The number of hydrogen-bond acceptors (Lipinski definition) is 3. The van der Waals surface area contributed by atoms with Gasteiger partial charge >= 0.3 is 6.03 Å². The molecule has 1 aromatic rings. The summed E-state index contributed by atoms with van der Waals surface area (Å²) in [5.74, 6) is 0.423. The van der Waals surface area contributed by atoms with Gasteiger partial charge in [0.1, 0.15) is 0 Å². The van der Waals surface area contributed by atoms with E-state index in [0.717, 1.165) is 38.5 Å². The quantitative estimate of drug-likeness (QED) is 0.746. The number of rotatable bonds is 7. The van der Waals surface area contributed by atoms with Crippen LogP contribution in [0.2, 0.25) is 0 Å². The summed E-state index contributed by atoms with van der Waals surface area (Å²) in [7, 11) is 5.97. The molecule has 1 aromatic carbocycles. The average molecular weight is 348 g/mol. The van der Waals surface area contributed by atoms with Crippen molar-refractivity contribution >= 4 is 11.7 Å². The second-order valence-electron chi connectivity index (χ2n) is 7.36. The summed E-state index contributed by atoms with van der Waals surface area (Å²) in [5.41, 5.74) is 2.50. The molecule has 5 heteroatoms. The van der Waals surface area contributed by atoms with Crippen molar-refractivity contribution in [3.63, 3.8) is 0 Å². The van der Waals surface area contributed by atoms with Gasteiger partial charge in [-0.2, -0.15) is 0 Å². The van der Waals surface area contributed by atoms with Gasteiger partial charge in [-0.05, 0) is 62.1 Å². The summed E-state index contributed by atoms with van der Waals surface area (Å²) >= 11 is 0. The highest BCUT2D eigenvalue weighted by molar-refractivity contribution is 5.74. The van der Waals surface area contributed by atoms with Gasteiger partial charge in [0.05, 0.1) is 0 Å². The Kier molecular flexibility index (Phi) is 7.56. The van der Waals surface area contributed by atoms with Crippen LogP contribution in [0.5, 0.6) is 0 Å². The molecule has 1 saturated carbocycles. The van der Waals surface area contributed by atoms with Crippen LogP contribution < -0.4 is 10.2 Å². The van der Waals surface area contributed by atoms with Crippen molar-refractivity contribution in [3.8, 4) is 0 Å². The van der Waals surface area contributed by atoms with Crippen molar-refractivity contribution in [3.05, 3.63) is 29.8 Å². The smallest absolute Gasteiger partial charge is 0.317 e. The molecule has 2 N–H and O–H groups in total. The fourth-order valence-corrected chi connectivity index (χ4v) is 3.45. The number of carbonyl (C=O) groups is 1. The first-order valence-electron chi connectivity index (χ1n) is 9.39. The highest BCUT2D eigenvalue weighted by Crippen LogP contribution is 2.26. The fourth-order valence-electron chi connectivity index (χ4n) is 3.45. The number of carbonyl (C=O) groups excluding carboxylic acids is 1. The maximum Gasteiger partial charge on any atom is 0.317 e. The van der Waals surface area contributed by atoms with Crippen molar-refractivity contribution in [2.24, 2.45) is 5.92 Å². The predicted molar refractivity (Wildman–Crippen MR) is 103 cm³/mol. The van der Waals surface area contributed by atoms with Crippen LogP contribution in [0.1, 0.15) is 37.7 Å². The maximum absolute atomic E-state index is 12.3. The van der Waals surface area contributed by atoms with E-state index in [1.54, 1.807) is 0 Å². The van der Waals surface area contributed by atoms with E-state index in [1.807, 2.05) is 26.0 Å². The molecule has 0 radical (unpaired) electrons. The zero-order valence-electron chi connectivity index (χ0n) is 15.9. The summed E-state index contributed by atoms with van der Waals surface area (Å²) in [6.07, 6.45) is 5.93. The lowest BCUT2D eigenvalue weighted by Crippen LogP contribution is -2.45. The van der Waals surface area contributed by atoms with Crippen LogP contribution in [0, 0.1) is 5.92 Å². The van der Waals surface area contributed by atoms with Crippen LogP contribution in [-0.2, 0) is 6.42 Å². The van der Waals surface area contributed by atoms with Gasteiger partial charge in [-0.3, -0.25) is 0 Å². The van der Waals surface area contributed by atoms with Gasteiger partial charge in [0, 0.05) is 46.0 Å². The van der Waals surface area contributed by atoms with Gasteiger partial charge < -0.3 is 20.2 Å². The monoisotopic (exact) mass is 347 g/mol. The highest BCUT2D eigenvalue weighted by Gasteiger charge is 2.25. The summed E-state index contributed by atoms with van der Waals surface area (Å²) in [6, 6.07) is 8.90. The lowest BCUT2D eigenvalue weighted by molar-refractivity contribution is 0.134. The number of urea groups is 1. The van der Waals surface area contributed by atoms with Crippen molar-refractivity contribution in [1.29, 1.82) is 0 Å². The van der Waals surface area contributed by atoms with E-state index in [1.165, 1.54) is 11.3 Å². The molecular weight excluding hydrogens is 314 g/mol. The topological polar surface area (TPSA) is 55.8 Å². The average Bonchev–Trinajstić information content (AvgIpc) is 2.65. The summed E-state index contributed by atoms with van der Waals surface area (Å²) < 4.78 is 0. The minimum Gasteiger partial charge on any atom is -0.396 e. The second-order valence-corrected chi connectivity index (χ2v) is 7.36. The van der Waals surface area contributed by atoms with Gasteiger partial charge in [0.2, 0.25) is 0 Å².